The standard InChI is InChI=1S/C24H25N3O4/c1-30-20-9-2-3-10-21(20)31-16-23(29)27(18-11-12-18)15-13-22(28)26-19-8-4-6-17-7-5-14-25-24(17)19/h2-10,14,18H,11-13,15-16H2,1H3,(H,26,28). The van der Waals surface area contributed by atoms with Crippen molar-refractivity contribution in [1.29, 1.82) is 0 Å². The minimum atomic E-state index is -0.151. The van der Waals surface area contributed by atoms with Gasteiger partial charge < -0.3 is 19.7 Å². The van der Waals surface area contributed by atoms with Crippen molar-refractivity contribution in [3.05, 3.63) is 60.8 Å². The first kappa shape index (κ1) is 20.7. The molecule has 2 aromatic carbocycles. The quantitative estimate of drug-likeness (QED) is 0.573. The van der Waals surface area contributed by atoms with Crippen LogP contribution in [0.15, 0.2) is 60.8 Å². The van der Waals surface area contributed by atoms with Crippen LogP contribution in [0.3, 0.4) is 0 Å². The Bertz CT molecular complexity index is 1080. The van der Waals surface area contributed by atoms with Crippen LogP contribution in [0.1, 0.15) is 19.3 Å². The van der Waals surface area contributed by atoms with E-state index < -0.39 is 0 Å². The van der Waals surface area contributed by atoms with Crippen molar-refractivity contribution >= 4 is 28.4 Å². The molecule has 1 N–H and O–H groups in total. The van der Waals surface area contributed by atoms with Crippen molar-refractivity contribution in [3.63, 3.8) is 0 Å². The predicted octanol–water partition coefficient (Wildman–Crippen LogP) is 3.64. The minimum absolute atomic E-state index is 0.0915. The number of nitrogens with zero attached hydrogens (tertiary/aromatic N) is 2. The van der Waals surface area contributed by atoms with Gasteiger partial charge in [0.15, 0.2) is 18.1 Å². The number of methoxy groups -OCH3 is 1. The molecule has 0 spiro atoms. The molecule has 0 aliphatic heterocycles. The van der Waals surface area contributed by atoms with Crippen LogP contribution >= 0.6 is 0 Å². The topological polar surface area (TPSA) is 80.8 Å². The molecule has 7 nitrogen and oxygen atoms in total. The number of anilines is 1. The van der Waals surface area contributed by atoms with E-state index in [-0.39, 0.29) is 30.9 Å². The zero-order valence-electron chi connectivity index (χ0n) is 17.4. The van der Waals surface area contributed by atoms with Gasteiger partial charge in [0.25, 0.3) is 5.91 Å². The summed E-state index contributed by atoms with van der Waals surface area (Å²) in [7, 11) is 1.56. The number of amides is 2. The number of para-hydroxylation sites is 3. The molecular weight excluding hydrogens is 394 g/mol. The van der Waals surface area contributed by atoms with Gasteiger partial charge in [0.2, 0.25) is 5.91 Å². The average Bonchev–Trinajstić information content (AvgIpc) is 3.63. The molecule has 0 bridgehead atoms. The van der Waals surface area contributed by atoms with Gasteiger partial charge in [0, 0.05) is 30.6 Å². The SMILES string of the molecule is COc1ccccc1OCC(=O)N(CCC(=O)Nc1cccc2cccnc12)C1CC1. The van der Waals surface area contributed by atoms with Crippen molar-refractivity contribution in [2.75, 3.05) is 25.6 Å². The zero-order chi connectivity index (χ0) is 21.6. The molecule has 1 aliphatic carbocycles. The number of benzene rings is 2. The van der Waals surface area contributed by atoms with E-state index in [1.165, 1.54) is 0 Å². The second kappa shape index (κ2) is 9.47. The van der Waals surface area contributed by atoms with Crippen molar-refractivity contribution in [2.45, 2.75) is 25.3 Å². The molecular formula is C24H25N3O4. The Morgan fingerprint density at radius 2 is 1.84 bits per heavy atom. The van der Waals surface area contributed by atoms with Gasteiger partial charge in [-0.25, -0.2) is 0 Å². The summed E-state index contributed by atoms with van der Waals surface area (Å²) in [5, 5.41) is 3.89. The molecule has 1 saturated carbocycles. The number of carbonyl (C=O) groups is 2. The molecule has 1 aromatic heterocycles. The third-order valence-electron chi connectivity index (χ3n) is 5.21. The lowest BCUT2D eigenvalue weighted by Gasteiger charge is -2.22. The fourth-order valence-corrected chi connectivity index (χ4v) is 3.50. The summed E-state index contributed by atoms with van der Waals surface area (Å²) in [6.07, 6.45) is 3.82. The Balaban J connectivity index is 1.34. The fourth-order valence-electron chi connectivity index (χ4n) is 3.50. The first-order valence-electron chi connectivity index (χ1n) is 10.3. The lowest BCUT2D eigenvalue weighted by atomic mass is 10.2. The van der Waals surface area contributed by atoms with E-state index in [2.05, 4.69) is 10.3 Å². The molecule has 2 amide bonds. The molecule has 4 rings (SSSR count). The van der Waals surface area contributed by atoms with Crippen LogP contribution in [-0.2, 0) is 9.59 Å². The van der Waals surface area contributed by atoms with Crippen LogP contribution in [-0.4, -0.2) is 48.0 Å². The first-order chi connectivity index (χ1) is 15.2. The van der Waals surface area contributed by atoms with E-state index in [0.717, 1.165) is 23.7 Å². The van der Waals surface area contributed by atoms with Gasteiger partial charge in [0.05, 0.1) is 18.3 Å². The maximum Gasteiger partial charge on any atom is 0.260 e. The molecule has 0 radical (unpaired) electrons. The number of pyridine rings is 1. The van der Waals surface area contributed by atoms with Crippen LogP contribution in [0.2, 0.25) is 0 Å². The number of fused-ring (bicyclic) bond motifs is 1. The Kier molecular flexibility index (Phi) is 6.31. The fraction of sp³-hybridized carbons (Fsp3) is 0.292. The smallest absolute Gasteiger partial charge is 0.260 e. The van der Waals surface area contributed by atoms with Crippen LogP contribution in [0, 0.1) is 0 Å². The summed E-state index contributed by atoms with van der Waals surface area (Å²) in [6.45, 7) is 0.258. The van der Waals surface area contributed by atoms with E-state index in [1.807, 2.05) is 42.5 Å². The number of aromatic nitrogens is 1. The van der Waals surface area contributed by atoms with Gasteiger partial charge >= 0.3 is 0 Å². The van der Waals surface area contributed by atoms with Crippen molar-refractivity contribution in [3.8, 4) is 11.5 Å². The zero-order valence-corrected chi connectivity index (χ0v) is 17.4. The van der Waals surface area contributed by atoms with E-state index in [0.29, 0.717) is 23.7 Å². The molecule has 160 valence electrons. The highest BCUT2D eigenvalue weighted by Crippen LogP contribution is 2.29. The summed E-state index contributed by atoms with van der Waals surface area (Å²) >= 11 is 0. The van der Waals surface area contributed by atoms with E-state index in [1.54, 1.807) is 30.3 Å². The number of rotatable bonds is 9. The number of hydrogen-bond acceptors (Lipinski definition) is 5. The third kappa shape index (κ3) is 5.12. The summed E-state index contributed by atoms with van der Waals surface area (Å²) in [4.78, 5) is 31.4. The van der Waals surface area contributed by atoms with E-state index >= 15 is 0 Å². The van der Waals surface area contributed by atoms with Crippen molar-refractivity contribution in [1.82, 2.24) is 9.88 Å². The molecule has 3 aromatic rings. The number of carbonyl (C=O) groups excluding carboxylic acids is 2. The van der Waals surface area contributed by atoms with Crippen LogP contribution in [0.25, 0.3) is 10.9 Å². The molecule has 0 saturated heterocycles. The van der Waals surface area contributed by atoms with Gasteiger partial charge in [-0.15, -0.1) is 0 Å². The molecule has 0 unspecified atom stereocenters. The molecule has 1 fully saturated rings. The van der Waals surface area contributed by atoms with Crippen LogP contribution in [0.4, 0.5) is 5.69 Å². The summed E-state index contributed by atoms with van der Waals surface area (Å²) in [5.74, 6) is 0.821. The number of nitrogens with one attached hydrogen (secondary N) is 1. The maximum absolute atomic E-state index is 12.8. The molecule has 31 heavy (non-hydrogen) atoms. The van der Waals surface area contributed by atoms with Gasteiger partial charge in [-0.3, -0.25) is 14.6 Å². The lowest BCUT2D eigenvalue weighted by molar-refractivity contribution is -0.134. The van der Waals surface area contributed by atoms with Crippen LogP contribution < -0.4 is 14.8 Å². The normalized spacial score (nSPS) is 12.9. The molecule has 0 atom stereocenters. The molecule has 1 aliphatic rings. The van der Waals surface area contributed by atoms with E-state index in [4.69, 9.17) is 9.47 Å². The highest BCUT2D eigenvalue weighted by atomic mass is 16.5. The van der Waals surface area contributed by atoms with Crippen molar-refractivity contribution in [2.24, 2.45) is 0 Å². The van der Waals surface area contributed by atoms with Gasteiger partial charge in [-0.2, -0.15) is 0 Å². The summed E-state index contributed by atoms with van der Waals surface area (Å²) in [5.41, 5.74) is 1.42. The highest BCUT2D eigenvalue weighted by Gasteiger charge is 2.32. The Morgan fingerprint density at radius 1 is 1.06 bits per heavy atom. The molecule has 7 heteroatoms. The van der Waals surface area contributed by atoms with Gasteiger partial charge in [0.1, 0.15) is 0 Å². The van der Waals surface area contributed by atoms with Crippen molar-refractivity contribution < 1.29 is 19.1 Å². The largest absolute Gasteiger partial charge is 0.493 e. The third-order valence-corrected chi connectivity index (χ3v) is 5.21. The average molecular weight is 419 g/mol. The first-order valence-corrected chi connectivity index (χ1v) is 10.3. The number of ether oxygens (including phenoxy) is 2. The summed E-state index contributed by atoms with van der Waals surface area (Å²) < 4.78 is 10.9. The van der Waals surface area contributed by atoms with Crippen LogP contribution in [0.5, 0.6) is 11.5 Å². The lowest BCUT2D eigenvalue weighted by Crippen LogP contribution is -2.38. The minimum Gasteiger partial charge on any atom is -0.493 e. The second-order valence-electron chi connectivity index (χ2n) is 7.44. The van der Waals surface area contributed by atoms with E-state index in [9.17, 15) is 9.59 Å². The maximum atomic E-state index is 12.8. The second-order valence-corrected chi connectivity index (χ2v) is 7.44. The Labute approximate surface area is 181 Å². The Morgan fingerprint density at radius 3 is 2.61 bits per heavy atom. The Hall–Kier alpha value is -3.61. The molecule has 1 heterocycles. The van der Waals surface area contributed by atoms with Gasteiger partial charge in [-0.05, 0) is 37.1 Å². The van der Waals surface area contributed by atoms with Gasteiger partial charge in [-0.1, -0.05) is 30.3 Å². The summed E-state index contributed by atoms with van der Waals surface area (Å²) in [6, 6.07) is 16.9. The number of hydrogen-bond donors (Lipinski definition) is 1. The highest BCUT2D eigenvalue weighted by molar-refractivity contribution is 6.00. The monoisotopic (exact) mass is 419 g/mol. The predicted molar refractivity (Wildman–Crippen MR) is 118 cm³/mol.